The Hall–Kier alpha value is -0.120. The van der Waals surface area contributed by atoms with Crippen molar-refractivity contribution in [3.63, 3.8) is 0 Å². The van der Waals surface area contributed by atoms with Gasteiger partial charge in [-0.3, -0.25) is 4.90 Å². The Bertz CT molecular complexity index is 210. The van der Waals surface area contributed by atoms with Crippen LogP contribution >= 0.6 is 0 Å². The lowest BCUT2D eigenvalue weighted by molar-refractivity contribution is 0.0112. The summed E-state index contributed by atoms with van der Waals surface area (Å²) in [4.78, 5) is 5.02. The van der Waals surface area contributed by atoms with Crippen LogP contribution < -0.4 is 0 Å². The zero-order chi connectivity index (χ0) is 10.8. The molecule has 0 aromatic rings. The fraction of sp³-hybridized carbons (Fsp3) is 1.00. The summed E-state index contributed by atoms with van der Waals surface area (Å²) in [6.07, 6.45) is 4.44. The van der Waals surface area contributed by atoms with Gasteiger partial charge in [0.05, 0.1) is 6.10 Å². The van der Waals surface area contributed by atoms with E-state index in [1.807, 2.05) is 0 Å². The molecule has 2 rings (SSSR count). The second kappa shape index (κ2) is 4.81. The van der Waals surface area contributed by atoms with Crippen LogP contribution in [0.2, 0.25) is 0 Å². The lowest BCUT2D eigenvalue weighted by Crippen LogP contribution is -2.55. The van der Waals surface area contributed by atoms with Crippen molar-refractivity contribution in [3.8, 4) is 0 Å². The molecule has 0 aromatic heterocycles. The summed E-state index contributed by atoms with van der Waals surface area (Å²) in [5, 5.41) is 9.71. The molecule has 88 valence electrons. The van der Waals surface area contributed by atoms with E-state index in [1.54, 1.807) is 0 Å². The Labute approximate surface area is 93.1 Å². The first-order valence-corrected chi connectivity index (χ1v) is 6.29. The van der Waals surface area contributed by atoms with E-state index in [9.17, 15) is 5.11 Å². The molecule has 2 fully saturated rings. The number of hydrogen-bond donors (Lipinski definition) is 1. The number of likely N-dealkylation sites (N-methyl/N-ethyl adjacent to an activating group) is 1. The number of nitrogens with zero attached hydrogens (tertiary/aromatic N) is 2. The fourth-order valence-electron chi connectivity index (χ4n) is 3.14. The fourth-order valence-corrected chi connectivity index (χ4v) is 3.14. The molecule has 1 aliphatic heterocycles. The molecule has 1 aliphatic carbocycles. The molecule has 0 radical (unpaired) electrons. The number of rotatable bonds is 1. The van der Waals surface area contributed by atoms with Crippen LogP contribution in [0, 0.1) is 0 Å². The molecule has 3 heteroatoms. The molecule has 1 heterocycles. The summed E-state index contributed by atoms with van der Waals surface area (Å²) >= 11 is 0. The van der Waals surface area contributed by atoms with Gasteiger partial charge in [0.2, 0.25) is 0 Å². The first kappa shape index (κ1) is 11.4. The summed E-state index contributed by atoms with van der Waals surface area (Å²) in [5.74, 6) is 0. The largest absolute Gasteiger partial charge is 0.393 e. The predicted octanol–water partition coefficient (Wildman–Crippen LogP) is 0.926. The van der Waals surface area contributed by atoms with Crippen LogP contribution in [0.5, 0.6) is 0 Å². The Morgan fingerprint density at radius 3 is 2.67 bits per heavy atom. The first-order chi connectivity index (χ1) is 7.16. The molecule has 3 unspecified atom stereocenters. The lowest BCUT2D eigenvalue weighted by atomic mass is 9.90. The van der Waals surface area contributed by atoms with Crippen molar-refractivity contribution >= 4 is 0 Å². The van der Waals surface area contributed by atoms with Crippen molar-refractivity contribution in [3.05, 3.63) is 0 Å². The highest BCUT2D eigenvalue weighted by Gasteiger charge is 2.31. The zero-order valence-corrected chi connectivity index (χ0v) is 10.0. The number of aliphatic hydroxyl groups is 1. The Balaban J connectivity index is 1.91. The molecule has 3 atom stereocenters. The van der Waals surface area contributed by atoms with Crippen LogP contribution in [0.4, 0.5) is 0 Å². The van der Waals surface area contributed by atoms with Crippen molar-refractivity contribution in [2.75, 3.05) is 26.7 Å². The summed E-state index contributed by atoms with van der Waals surface area (Å²) in [7, 11) is 2.20. The third kappa shape index (κ3) is 2.71. The predicted molar refractivity (Wildman–Crippen MR) is 61.9 cm³/mol. The molecule has 0 amide bonds. The third-order valence-corrected chi connectivity index (χ3v) is 3.97. The molecule has 1 saturated heterocycles. The van der Waals surface area contributed by atoms with E-state index in [1.165, 1.54) is 32.5 Å². The van der Waals surface area contributed by atoms with Crippen LogP contribution in [0.3, 0.4) is 0 Å². The van der Waals surface area contributed by atoms with Crippen molar-refractivity contribution in [2.24, 2.45) is 0 Å². The second-order valence-corrected chi connectivity index (χ2v) is 5.32. The smallest absolute Gasteiger partial charge is 0.0555 e. The highest BCUT2D eigenvalue weighted by Crippen LogP contribution is 2.25. The van der Waals surface area contributed by atoms with Crippen LogP contribution in [0.25, 0.3) is 0 Å². The summed E-state index contributed by atoms with van der Waals surface area (Å²) in [5.41, 5.74) is 0. The van der Waals surface area contributed by atoms with E-state index >= 15 is 0 Å². The minimum absolute atomic E-state index is 0.0457. The molecule has 15 heavy (non-hydrogen) atoms. The Morgan fingerprint density at radius 1 is 1.20 bits per heavy atom. The maximum atomic E-state index is 9.71. The monoisotopic (exact) mass is 212 g/mol. The van der Waals surface area contributed by atoms with Gasteiger partial charge in [0.25, 0.3) is 0 Å². The van der Waals surface area contributed by atoms with Gasteiger partial charge < -0.3 is 10.0 Å². The van der Waals surface area contributed by atoms with Gasteiger partial charge in [-0.1, -0.05) is 0 Å². The van der Waals surface area contributed by atoms with Crippen LogP contribution in [0.1, 0.15) is 32.6 Å². The maximum absolute atomic E-state index is 9.71. The lowest BCUT2D eigenvalue weighted by Gasteiger charge is -2.45. The Kier molecular flexibility index (Phi) is 3.65. The maximum Gasteiger partial charge on any atom is 0.0555 e. The quantitative estimate of drug-likeness (QED) is 0.700. The van der Waals surface area contributed by atoms with Gasteiger partial charge in [0.15, 0.2) is 0 Å². The van der Waals surface area contributed by atoms with E-state index in [0.29, 0.717) is 12.1 Å². The molecule has 0 bridgehead atoms. The summed E-state index contributed by atoms with van der Waals surface area (Å²) in [6.45, 7) is 5.84. The van der Waals surface area contributed by atoms with E-state index in [0.717, 1.165) is 12.8 Å². The third-order valence-electron chi connectivity index (χ3n) is 3.97. The molecular formula is C12H24N2O. The highest BCUT2D eigenvalue weighted by molar-refractivity contribution is 4.86. The van der Waals surface area contributed by atoms with E-state index < -0.39 is 0 Å². The Morgan fingerprint density at radius 2 is 2.00 bits per heavy atom. The molecular weight excluding hydrogens is 188 g/mol. The molecule has 2 aliphatic rings. The van der Waals surface area contributed by atoms with Crippen LogP contribution in [-0.4, -0.2) is 59.8 Å². The van der Waals surface area contributed by atoms with E-state index in [4.69, 9.17) is 0 Å². The molecule has 1 saturated carbocycles. The van der Waals surface area contributed by atoms with Crippen molar-refractivity contribution < 1.29 is 5.11 Å². The summed E-state index contributed by atoms with van der Waals surface area (Å²) in [6, 6.07) is 1.29. The number of piperazine rings is 1. The van der Waals surface area contributed by atoms with Gasteiger partial charge >= 0.3 is 0 Å². The van der Waals surface area contributed by atoms with Crippen molar-refractivity contribution in [2.45, 2.75) is 50.8 Å². The average molecular weight is 212 g/mol. The average Bonchev–Trinajstić information content (AvgIpc) is 2.17. The molecule has 3 nitrogen and oxygen atoms in total. The van der Waals surface area contributed by atoms with Gasteiger partial charge in [-0.25, -0.2) is 0 Å². The van der Waals surface area contributed by atoms with Gasteiger partial charge in [-0.05, 0) is 39.7 Å². The zero-order valence-electron chi connectivity index (χ0n) is 10.0. The minimum Gasteiger partial charge on any atom is -0.393 e. The van der Waals surface area contributed by atoms with Gasteiger partial charge in [-0.15, -0.1) is 0 Å². The van der Waals surface area contributed by atoms with E-state index in [2.05, 4.69) is 23.8 Å². The van der Waals surface area contributed by atoms with Gasteiger partial charge in [0.1, 0.15) is 0 Å². The minimum atomic E-state index is -0.0457. The van der Waals surface area contributed by atoms with Crippen LogP contribution in [0.15, 0.2) is 0 Å². The van der Waals surface area contributed by atoms with Crippen molar-refractivity contribution in [1.82, 2.24) is 9.80 Å². The molecule has 1 N–H and O–H groups in total. The number of aliphatic hydroxyl groups excluding tert-OH is 1. The second-order valence-electron chi connectivity index (χ2n) is 5.32. The topological polar surface area (TPSA) is 26.7 Å². The highest BCUT2D eigenvalue weighted by atomic mass is 16.3. The van der Waals surface area contributed by atoms with Crippen molar-refractivity contribution in [1.29, 1.82) is 0 Å². The first-order valence-electron chi connectivity index (χ1n) is 6.29. The van der Waals surface area contributed by atoms with E-state index in [-0.39, 0.29) is 6.10 Å². The SMILES string of the molecule is CC1CN(C)CCN1C1CCCC(O)C1. The van der Waals surface area contributed by atoms with Crippen LogP contribution in [-0.2, 0) is 0 Å². The van der Waals surface area contributed by atoms with Gasteiger partial charge in [-0.2, -0.15) is 0 Å². The van der Waals surface area contributed by atoms with Gasteiger partial charge in [0, 0.05) is 31.7 Å². The molecule has 0 spiro atoms. The summed E-state index contributed by atoms with van der Waals surface area (Å²) < 4.78 is 0. The molecule has 0 aromatic carbocycles. The number of hydrogen-bond acceptors (Lipinski definition) is 3. The normalized spacial score (nSPS) is 40.6. The standard InChI is InChI=1S/C12H24N2O/c1-10-9-13(2)6-7-14(10)11-4-3-5-12(15)8-11/h10-12,15H,3-9H2,1-2H3.